The third-order valence-corrected chi connectivity index (χ3v) is 9.18. The van der Waals surface area contributed by atoms with Crippen LogP contribution >= 0.6 is 0 Å². The number of nitrogens with zero attached hydrogens (tertiary/aromatic N) is 1. The van der Waals surface area contributed by atoms with E-state index in [-0.39, 0.29) is 11.2 Å². The van der Waals surface area contributed by atoms with Crippen molar-refractivity contribution in [2.24, 2.45) is 5.41 Å². The summed E-state index contributed by atoms with van der Waals surface area (Å²) in [6.45, 7) is 8.82. The molecule has 0 fully saturated rings. The number of unbranched alkanes of at least 4 members (excludes halogenated alkanes) is 2. The maximum atomic E-state index is 14.0. The first-order valence-electron chi connectivity index (χ1n) is 12.8. The van der Waals surface area contributed by atoms with Gasteiger partial charge in [0.2, 0.25) is 0 Å². The molecule has 0 amide bonds. The van der Waals surface area contributed by atoms with Crippen LogP contribution in [-0.2, 0) is 21.2 Å². The molecule has 1 atom stereocenters. The van der Waals surface area contributed by atoms with Crippen molar-refractivity contribution < 1.29 is 18.3 Å². The number of carboxylic acids is 1. The fourth-order valence-corrected chi connectivity index (χ4v) is 7.18. The molecule has 6 nitrogen and oxygen atoms in total. The molecule has 192 valence electrons. The molecule has 0 aliphatic carbocycles. The fraction of sp³-hybridized carbons (Fsp3) is 0.536. The largest absolute Gasteiger partial charge is 0.480 e. The molecule has 3 rings (SSSR count). The second-order valence-corrected chi connectivity index (χ2v) is 12.0. The first-order chi connectivity index (χ1) is 16.6. The van der Waals surface area contributed by atoms with E-state index in [0.29, 0.717) is 18.0 Å². The van der Waals surface area contributed by atoms with E-state index in [4.69, 9.17) is 0 Å². The van der Waals surface area contributed by atoms with Crippen molar-refractivity contribution in [3.8, 4) is 0 Å². The Hall–Kier alpha value is -2.38. The van der Waals surface area contributed by atoms with Gasteiger partial charge in [-0.25, -0.2) is 8.42 Å². The lowest BCUT2D eigenvalue weighted by molar-refractivity contribution is -0.139. The molecule has 1 heterocycles. The Balaban J connectivity index is 2.15. The quantitative estimate of drug-likeness (QED) is 0.402. The van der Waals surface area contributed by atoms with Crippen LogP contribution in [0.5, 0.6) is 0 Å². The molecule has 2 N–H and O–H groups in total. The predicted molar refractivity (Wildman–Crippen MR) is 142 cm³/mol. The highest BCUT2D eigenvalue weighted by Crippen LogP contribution is 2.45. The van der Waals surface area contributed by atoms with Crippen molar-refractivity contribution in [3.05, 3.63) is 53.6 Å². The van der Waals surface area contributed by atoms with E-state index in [9.17, 15) is 18.3 Å². The molecular formula is C28H40N2O4S. The number of sulfone groups is 1. The minimum atomic E-state index is -3.57. The average Bonchev–Trinajstić information content (AvgIpc) is 2.92. The molecule has 0 saturated heterocycles. The van der Waals surface area contributed by atoms with E-state index in [1.165, 1.54) is 0 Å². The molecule has 1 aliphatic rings. The Bertz CT molecular complexity index is 1110. The Kier molecular flexibility index (Phi) is 9.00. The summed E-state index contributed by atoms with van der Waals surface area (Å²) in [7, 11) is -3.57. The Morgan fingerprint density at radius 2 is 1.74 bits per heavy atom. The van der Waals surface area contributed by atoms with E-state index in [2.05, 4.69) is 24.1 Å². The number of fused-ring (bicyclic) bond motifs is 1. The molecule has 0 saturated carbocycles. The summed E-state index contributed by atoms with van der Waals surface area (Å²) in [5.41, 5.74) is 3.14. The number of aryl methyl sites for hydroxylation is 1. The molecule has 1 aliphatic heterocycles. The Morgan fingerprint density at radius 1 is 1.11 bits per heavy atom. The molecule has 35 heavy (non-hydrogen) atoms. The zero-order chi connectivity index (χ0) is 25.6. The molecule has 0 unspecified atom stereocenters. The van der Waals surface area contributed by atoms with Gasteiger partial charge in [0, 0.05) is 24.2 Å². The molecular weight excluding hydrogens is 460 g/mol. The highest BCUT2D eigenvalue weighted by Gasteiger charge is 2.42. The third-order valence-electron chi connectivity index (χ3n) is 7.19. The first kappa shape index (κ1) is 27.2. The maximum Gasteiger partial charge on any atom is 0.320 e. The van der Waals surface area contributed by atoms with Gasteiger partial charge in [-0.15, -0.1) is 0 Å². The highest BCUT2D eigenvalue weighted by atomic mass is 32.2. The van der Waals surface area contributed by atoms with Crippen molar-refractivity contribution >= 4 is 27.2 Å². The van der Waals surface area contributed by atoms with Crippen LogP contribution in [0.1, 0.15) is 70.4 Å². The third kappa shape index (κ3) is 6.44. The van der Waals surface area contributed by atoms with Crippen LogP contribution in [0.2, 0.25) is 0 Å². The van der Waals surface area contributed by atoms with Gasteiger partial charge in [0.05, 0.1) is 16.3 Å². The van der Waals surface area contributed by atoms with Crippen LogP contribution in [0.3, 0.4) is 0 Å². The predicted octanol–water partition coefficient (Wildman–Crippen LogP) is 5.85. The number of carboxylic acid groups (broad SMARTS) is 1. The topological polar surface area (TPSA) is 86.7 Å². The molecule has 0 spiro atoms. The summed E-state index contributed by atoms with van der Waals surface area (Å²) >= 11 is 0. The van der Waals surface area contributed by atoms with Gasteiger partial charge in [0.15, 0.2) is 9.84 Å². The van der Waals surface area contributed by atoms with Crippen LogP contribution in [0.25, 0.3) is 0 Å². The van der Waals surface area contributed by atoms with Crippen LogP contribution < -0.4 is 10.2 Å². The van der Waals surface area contributed by atoms with Gasteiger partial charge in [0.1, 0.15) is 6.04 Å². The molecule has 0 bridgehead atoms. The zero-order valence-corrected chi connectivity index (χ0v) is 22.3. The maximum absolute atomic E-state index is 14.0. The smallest absolute Gasteiger partial charge is 0.320 e. The van der Waals surface area contributed by atoms with Crippen molar-refractivity contribution in [2.75, 3.05) is 17.2 Å². The monoisotopic (exact) mass is 500 g/mol. The number of anilines is 2. The number of benzene rings is 2. The van der Waals surface area contributed by atoms with Gasteiger partial charge >= 0.3 is 5.97 Å². The number of rotatable bonds is 11. The lowest BCUT2D eigenvalue weighted by Gasteiger charge is -2.37. The lowest BCUT2D eigenvalue weighted by Crippen LogP contribution is -2.38. The van der Waals surface area contributed by atoms with Crippen LogP contribution in [0, 0.1) is 12.3 Å². The van der Waals surface area contributed by atoms with Gasteiger partial charge in [-0.3, -0.25) is 4.79 Å². The first-order valence-corrected chi connectivity index (χ1v) is 14.4. The van der Waals surface area contributed by atoms with Crippen molar-refractivity contribution in [1.82, 2.24) is 5.32 Å². The highest BCUT2D eigenvalue weighted by molar-refractivity contribution is 7.91. The second-order valence-electron chi connectivity index (χ2n) is 10.1. The lowest BCUT2D eigenvalue weighted by atomic mass is 9.79. The fourth-order valence-electron chi connectivity index (χ4n) is 5.03. The summed E-state index contributed by atoms with van der Waals surface area (Å²) < 4.78 is 28.0. The zero-order valence-electron chi connectivity index (χ0n) is 21.5. The van der Waals surface area contributed by atoms with Crippen LogP contribution in [0.15, 0.2) is 47.4 Å². The normalized spacial score (nSPS) is 17.4. The van der Waals surface area contributed by atoms with E-state index >= 15 is 0 Å². The molecule has 2 aromatic carbocycles. The summed E-state index contributed by atoms with van der Waals surface area (Å²) in [5, 5.41) is 12.2. The Morgan fingerprint density at radius 3 is 2.31 bits per heavy atom. The van der Waals surface area contributed by atoms with Crippen LogP contribution in [-0.4, -0.2) is 37.8 Å². The number of carbonyl (C=O) groups is 1. The van der Waals surface area contributed by atoms with Gasteiger partial charge < -0.3 is 15.3 Å². The Labute approximate surface area is 210 Å². The number of hydrogen-bond donors (Lipinski definition) is 2. The SMILES string of the molecule is CCCCC1(CCCC)CN(c2ccccc2)c2cc(C)c(CN[C@H](C)C(=O)O)cc2S(=O)(=O)C1. The summed E-state index contributed by atoms with van der Waals surface area (Å²) in [5.74, 6) is -0.797. The van der Waals surface area contributed by atoms with E-state index < -0.39 is 21.8 Å². The average molecular weight is 501 g/mol. The molecule has 7 heteroatoms. The van der Waals surface area contributed by atoms with E-state index in [1.54, 1.807) is 13.0 Å². The van der Waals surface area contributed by atoms with Crippen molar-refractivity contribution in [3.63, 3.8) is 0 Å². The van der Waals surface area contributed by atoms with E-state index in [1.807, 2.05) is 43.3 Å². The number of nitrogens with one attached hydrogen (secondary N) is 1. The van der Waals surface area contributed by atoms with Crippen LogP contribution in [0.4, 0.5) is 11.4 Å². The summed E-state index contributed by atoms with van der Waals surface area (Å²) in [6.07, 6.45) is 5.82. The van der Waals surface area contributed by atoms with E-state index in [0.717, 1.165) is 61.0 Å². The number of aliphatic carboxylic acids is 1. The number of para-hydroxylation sites is 1. The second kappa shape index (κ2) is 11.6. The van der Waals surface area contributed by atoms with Crippen molar-refractivity contribution in [1.29, 1.82) is 0 Å². The van der Waals surface area contributed by atoms with Gasteiger partial charge in [-0.05, 0) is 62.1 Å². The summed E-state index contributed by atoms with van der Waals surface area (Å²) in [6, 6.07) is 13.1. The molecule has 0 aromatic heterocycles. The number of hydrogen-bond acceptors (Lipinski definition) is 5. The minimum Gasteiger partial charge on any atom is -0.480 e. The molecule has 0 radical (unpaired) electrons. The van der Waals surface area contributed by atoms with Crippen molar-refractivity contribution in [2.45, 2.75) is 83.7 Å². The minimum absolute atomic E-state index is 0.137. The summed E-state index contributed by atoms with van der Waals surface area (Å²) in [4.78, 5) is 13.8. The van der Waals surface area contributed by atoms with Gasteiger partial charge in [-0.1, -0.05) is 57.7 Å². The van der Waals surface area contributed by atoms with Gasteiger partial charge in [0.25, 0.3) is 0 Å². The van der Waals surface area contributed by atoms with Gasteiger partial charge in [-0.2, -0.15) is 0 Å². The standard InChI is InChI=1S/C28H40N2O4S/c1-5-7-14-28(15-8-6-2)19-30(24-12-10-9-11-13-24)25-16-21(3)23(18-29-22(4)27(31)32)17-26(25)35(33,34)20-28/h9-13,16-17,22,29H,5-8,14-15,18-20H2,1-4H3,(H,31,32)/t22-/m1/s1. The molecule has 2 aromatic rings.